The summed E-state index contributed by atoms with van der Waals surface area (Å²) in [6.45, 7) is 2.01. The number of aryl methyl sites for hydroxylation is 1. The van der Waals surface area contributed by atoms with Crippen molar-refractivity contribution in [2.75, 3.05) is 4.90 Å². The third-order valence-electron chi connectivity index (χ3n) is 5.02. The number of allylic oxidation sites excluding steroid dienone is 1. The van der Waals surface area contributed by atoms with Gasteiger partial charge in [0.05, 0.1) is 0 Å². The Morgan fingerprint density at radius 3 is 2.83 bits per heavy atom. The van der Waals surface area contributed by atoms with Gasteiger partial charge in [-0.25, -0.2) is 0 Å². The number of carbonyl (C=O) groups is 1. The number of unbranched alkanes of at least 4 members (excludes halogenated alkanes) is 1. The van der Waals surface area contributed by atoms with Gasteiger partial charge in [-0.3, -0.25) is 9.78 Å². The Labute approximate surface area is 176 Å². The van der Waals surface area contributed by atoms with Gasteiger partial charge < -0.3 is 15.7 Å². The van der Waals surface area contributed by atoms with Crippen molar-refractivity contribution in [2.24, 2.45) is 10.7 Å². The van der Waals surface area contributed by atoms with E-state index in [1.807, 2.05) is 36.1 Å². The second-order valence-corrected chi connectivity index (χ2v) is 7.32. The largest absolute Gasteiger partial charge is 0.481 e. The van der Waals surface area contributed by atoms with E-state index in [-0.39, 0.29) is 18.4 Å². The first-order chi connectivity index (χ1) is 14.5. The average Bonchev–Trinajstić information content (AvgIpc) is 3.56. The molecule has 0 atom stereocenters. The van der Waals surface area contributed by atoms with Crippen LogP contribution in [-0.2, 0) is 4.79 Å². The molecule has 0 saturated heterocycles. The van der Waals surface area contributed by atoms with Crippen molar-refractivity contribution in [3.05, 3.63) is 65.5 Å². The predicted octanol–water partition coefficient (Wildman–Crippen LogP) is 3.84. The summed E-state index contributed by atoms with van der Waals surface area (Å²) < 4.78 is 0. The van der Waals surface area contributed by atoms with Crippen molar-refractivity contribution in [3.63, 3.8) is 0 Å². The van der Waals surface area contributed by atoms with Crippen molar-refractivity contribution in [1.29, 1.82) is 5.26 Å². The quantitative estimate of drug-likeness (QED) is 0.299. The van der Waals surface area contributed by atoms with E-state index in [9.17, 15) is 4.79 Å². The number of pyridine rings is 1. The van der Waals surface area contributed by atoms with E-state index in [1.165, 1.54) is 0 Å². The summed E-state index contributed by atoms with van der Waals surface area (Å²) >= 11 is 0. The third-order valence-corrected chi connectivity index (χ3v) is 5.02. The Hall–Kier alpha value is -3.66. The highest BCUT2D eigenvalue weighted by molar-refractivity contribution is 5.98. The molecule has 7 heteroatoms. The second kappa shape index (κ2) is 9.70. The fraction of sp³-hybridized carbons (Fsp3) is 0.304. The predicted molar refractivity (Wildman–Crippen MR) is 117 cm³/mol. The Bertz CT molecular complexity index is 1000. The summed E-state index contributed by atoms with van der Waals surface area (Å²) in [7, 11) is 0. The molecule has 3 N–H and O–H groups in total. The number of aliphatic imine (C=N–C) groups is 1. The second-order valence-electron chi connectivity index (χ2n) is 7.32. The normalized spacial score (nSPS) is 14.3. The van der Waals surface area contributed by atoms with Gasteiger partial charge in [0.2, 0.25) is 12.2 Å². The zero-order valence-corrected chi connectivity index (χ0v) is 17.0. The number of nitrogens with two attached hydrogens (primary N) is 1. The Kier molecular flexibility index (Phi) is 6.81. The lowest BCUT2D eigenvalue weighted by Crippen LogP contribution is -2.39. The van der Waals surface area contributed by atoms with E-state index in [0.717, 1.165) is 40.8 Å². The molecule has 1 aromatic carbocycles. The zero-order chi connectivity index (χ0) is 21.5. The number of carboxylic acids is 1. The molecule has 1 aromatic heterocycles. The fourth-order valence-corrected chi connectivity index (χ4v) is 3.41. The molecule has 3 rings (SSSR count). The average molecular weight is 403 g/mol. The molecule has 1 heterocycles. The smallest absolute Gasteiger partial charge is 0.303 e. The molecular weight excluding hydrogens is 378 g/mol. The van der Waals surface area contributed by atoms with Crippen LogP contribution in [0.15, 0.2) is 53.8 Å². The molecule has 154 valence electrons. The molecule has 0 bridgehead atoms. The highest BCUT2D eigenvalue weighted by Gasteiger charge is 2.32. The van der Waals surface area contributed by atoms with Crippen LogP contribution in [0.3, 0.4) is 0 Å². The van der Waals surface area contributed by atoms with E-state index in [2.05, 4.69) is 22.1 Å². The highest BCUT2D eigenvalue weighted by Crippen LogP contribution is 2.36. The van der Waals surface area contributed by atoms with Crippen molar-refractivity contribution in [1.82, 2.24) is 4.98 Å². The molecular formula is C23H25N5O2. The van der Waals surface area contributed by atoms with Gasteiger partial charge in [-0.15, -0.1) is 4.99 Å². The molecule has 30 heavy (non-hydrogen) atoms. The zero-order valence-electron chi connectivity index (χ0n) is 17.0. The van der Waals surface area contributed by atoms with Crippen LogP contribution in [-0.4, -0.2) is 28.1 Å². The lowest BCUT2D eigenvalue weighted by atomic mass is 9.95. The summed E-state index contributed by atoms with van der Waals surface area (Å²) in [5.41, 5.74) is 11.0. The topological polar surface area (TPSA) is 116 Å². The molecule has 0 amide bonds. The Morgan fingerprint density at radius 1 is 1.40 bits per heavy atom. The molecule has 7 nitrogen and oxygen atoms in total. The summed E-state index contributed by atoms with van der Waals surface area (Å²) in [5.74, 6) is -0.593. The molecule has 0 radical (unpaired) electrons. The Morgan fingerprint density at radius 2 is 2.20 bits per heavy atom. The number of hydrogen-bond acceptors (Lipinski definition) is 4. The third kappa shape index (κ3) is 5.23. The van der Waals surface area contributed by atoms with Crippen LogP contribution < -0.4 is 10.6 Å². The van der Waals surface area contributed by atoms with Gasteiger partial charge in [-0.1, -0.05) is 24.3 Å². The number of hydrogen-bond donors (Lipinski definition) is 2. The van der Waals surface area contributed by atoms with Gasteiger partial charge >= 0.3 is 5.97 Å². The van der Waals surface area contributed by atoms with Gasteiger partial charge in [0.1, 0.15) is 0 Å². The number of benzene rings is 1. The van der Waals surface area contributed by atoms with Crippen molar-refractivity contribution in [2.45, 2.75) is 45.1 Å². The first-order valence-corrected chi connectivity index (χ1v) is 9.96. The van der Waals surface area contributed by atoms with Crippen LogP contribution in [0, 0.1) is 18.4 Å². The monoisotopic (exact) mass is 403 g/mol. The molecule has 0 aliphatic heterocycles. The summed E-state index contributed by atoms with van der Waals surface area (Å²) in [6, 6.07) is 10.2. The summed E-state index contributed by atoms with van der Waals surface area (Å²) in [5, 5.41) is 17.9. The standard InChI is InChI=1S/C23H25N5O2/c1-16-8-9-17(13-21(16)28(19-10-11-19)23(25)27-15-24)20(6-2-3-7-22(29)30)18-5-4-12-26-14-18/h4-6,8-9,12-14,19H,2-3,7,10-11H2,1H3,(H2,25,27)(H,29,30)/b20-6+. The maximum Gasteiger partial charge on any atom is 0.303 e. The van der Waals surface area contributed by atoms with Crippen molar-refractivity contribution >= 4 is 23.2 Å². The number of nitriles is 1. The van der Waals surface area contributed by atoms with Crippen LogP contribution in [0.1, 0.15) is 48.8 Å². The lowest BCUT2D eigenvalue weighted by molar-refractivity contribution is -0.137. The van der Waals surface area contributed by atoms with E-state index in [0.29, 0.717) is 12.8 Å². The minimum absolute atomic E-state index is 0.132. The lowest BCUT2D eigenvalue weighted by Gasteiger charge is -2.25. The number of carboxylic acid groups (broad SMARTS) is 1. The van der Waals surface area contributed by atoms with E-state index >= 15 is 0 Å². The minimum Gasteiger partial charge on any atom is -0.481 e. The molecule has 0 unspecified atom stereocenters. The molecule has 1 aliphatic rings. The van der Waals surface area contributed by atoms with Crippen LogP contribution >= 0.6 is 0 Å². The number of guanidine groups is 1. The van der Waals surface area contributed by atoms with Gasteiger partial charge in [0, 0.05) is 36.1 Å². The summed E-state index contributed by atoms with van der Waals surface area (Å²) in [4.78, 5) is 20.8. The van der Waals surface area contributed by atoms with Crippen LogP contribution in [0.25, 0.3) is 5.57 Å². The number of nitrogens with zero attached hydrogens (tertiary/aromatic N) is 4. The van der Waals surface area contributed by atoms with E-state index in [1.54, 1.807) is 18.6 Å². The number of rotatable bonds is 8. The first kappa shape index (κ1) is 21.1. The first-order valence-electron chi connectivity index (χ1n) is 9.96. The van der Waals surface area contributed by atoms with E-state index < -0.39 is 5.97 Å². The maximum absolute atomic E-state index is 10.8. The maximum atomic E-state index is 10.8. The Balaban J connectivity index is 2.01. The van der Waals surface area contributed by atoms with Gasteiger partial charge in [0.15, 0.2) is 0 Å². The van der Waals surface area contributed by atoms with E-state index in [4.69, 9.17) is 16.1 Å². The van der Waals surface area contributed by atoms with Gasteiger partial charge in [0.25, 0.3) is 0 Å². The molecule has 1 aliphatic carbocycles. The molecule has 2 aromatic rings. The molecule has 1 saturated carbocycles. The van der Waals surface area contributed by atoms with Crippen LogP contribution in [0.5, 0.6) is 0 Å². The number of aliphatic carboxylic acids is 1. The van der Waals surface area contributed by atoms with Crippen LogP contribution in [0.4, 0.5) is 5.69 Å². The highest BCUT2D eigenvalue weighted by atomic mass is 16.4. The summed E-state index contributed by atoms with van der Waals surface area (Å²) in [6.07, 6.45) is 10.7. The number of anilines is 1. The fourth-order valence-electron chi connectivity index (χ4n) is 3.41. The molecule has 1 fully saturated rings. The van der Waals surface area contributed by atoms with Gasteiger partial charge in [-0.2, -0.15) is 5.26 Å². The number of aromatic nitrogens is 1. The van der Waals surface area contributed by atoms with Crippen molar-refractivity contribution in [3.8, 4) is 6.19 Å². The van der Waals surface area contributed by atoms with Gasteiger partial charge in [-0.05, 0) is 61.4 Å². The minimum atomic E-state index is -0.795. The molecule has 0 spiro atoms. The SMILES string of the molecule is Cc1ccc(/C(=C\CCCC(=O)O)c2cccnc2)cc1N(C(N)=NC#N)C1CC1. The van der Waals surface area contributed by atoms with Crippen molar-refractivity contribution < 1.29 is 9.90 Å². The van der Waals surface area contributed by atoms with Crippen LogP contribution in [0.2, 0.25) is 0 Å².